The van der Waals surface area contributed by atoms with E-state index in [2.05, 4.69) is 9.97 Å². The highest BCUT2D eigenvalue weighted by Crippen LogP contribution is 2.34. The minimum atomic E-state index is -0.307. The summed E-state index contributed by atoms with van der Waals surface area (Å²) in [6.45, 7) is 5.01. The predicted molar refractivity (Wildman–Crippen MR) is 119 cm³/mol. The van der Waals surface area contributed by atoms with E-state index in [1.807, 2.05) is 56.3 Å². The quantitative estimate of drug-likeness (QED) is 0.549. The van der Waals surface area contributed by atoms with Crippen molar-refractivity contribution in [3.05, 3.63) is 64.3 Å². The molecule has 2 N–H and O–H groups in total. The molecule has 1 aliphatic rings. The van der Waals surface area contributed by atoms with Crippen molar-refractivity contribution in [1.29, 1.82) is 0 Å². The molecule has 4 heterocycles. The summed E-state index contributed by atoms with van der Waals surface area (Å²) in [4.78, 5) is 22.3. The maximum atomic E-state index is 13.2. The molecule has 1 fully saturated rings. The Morgan fingerprint density at radius 1 is 1.10 bits per heavy atom. The van der Waals surface area contributed by atoms with Crippen LogP contribution >= 0.6 is 0 Å². The second-order valence-corrected chi connectivity index (χ2v) is 7.96. The molecule has 8 heteroatoms. The van der Waals surface area contributed by atoms with E-state index in [-0.39, 0.29) is 17.7 Å². The summed E-state index contributed by atoms with van der Waals surface area (Å²) >= 11 is 0. The van der Waals surface area contributed by atoms with E-state index in [0.717, 1.165) is 47.5 Å². The molecule has 1 saturated heterocycles. The van der Waals surface area contributed by atoms with Crippen LogP contribution in [0.25, 0.3) is 28.0 Å². The van der Waals surface area contributed by atoms with E-state index in [1.54, 1.807) is 0 Å². The third-order valence-electron chi connectivity index (χ3n) is 5.57. The largest absolute Gasteiger partial charge is 0.376 e. The Labute approximate surface area is 179 Å². The Morgan fingerprint density at radius 3 is 2.52 bits per heavy atom. The van der Waals surface area contributed by atoms with Crippen molar-refractivity contribution in [3.63, 3.8) is 0 Å². The zero-order chi connectivity index (χ0) is 21.5. The zero-order valence-electron chi connectivity index (χ0n) is 17.6. The minimum absolute atomic E-state index is 0.0146. The van der Waals surface area contributed by atoms with Crippen molar-refractivity contribution in [2.45, 2.75) is 39.3 Å². The summed E-state index contributed by atoms with van der Waals surface area (Å²) in [6, 6.07) is 13.8. The highest BCUT2D eigenvalue weighted by Gasteiger charge is 2.24. The topological polar surface area (TPSA) is 100 Å². The molecule has 1 aliphatic heterocycles. The molecule has 0 unspecified atom stereocenters. The first-order valence-corrected chi connectivity index (χ1v) is 10.4. The van der Waals surface area contributed by atoms with E-state index < -0.39 is 0 Å². The lowest BCUT2D eigenvalue weighted by atomic mass is 9.99. The van der Waals surface area contributed by atoms with Gasteiger partial charge in [-0.3, -0.25) is 4.98 Å². The van der Waals surface area contributed by atoms with Crippen molar-refractivity contribution in [2.75, 3.05) is 12.3 Å². The number of nitrogens with two attached hydrogens (primary N) is 1. The number of fused-ring (bicyclic) bond motifs is 1. The summed E-state index contributed by atoms with van der Waals surface area (Å²) in [5, 5.41) is 4.71. The lowest BCUT2D eigenvalue weighted by molar-refractivity contribution is 0.0931. The van der Waals surface area contributed by atoms with Crippen molar-refractivity contribution in [3.8, 4) is 22.4 Å². The van der Waals surface area contributed by atoms with Crippen LogP contribution in [0.3, 0.4) is 0 Å². The molecule has 0 saturated carbocycles. The van der Waals surface area contributed by atoms with Crippen LogP contribution in [0, 0.1) is 13.8 Å². The van der Waals surface area contributed by atoms with Gasteiger partial charge in [0.1, 0.15) is 0 Å². The number of nitrogens with zero attached hydrogens (tertiary/aromatic N) is 5. The van der Waals surface area contributed by atoms with Crippen molar-refractivity contribution in [1.82, 2.24) is 24.1 Å². The lowest BCUT2D eigenvalue weighted by Crippen LogP contribution is -2.28. The molecule has 0 amide bonds. The van der Waals surface area contributed by atoms with Crippen LogP contribution in [0.15, 0.2) is 47.3 Å². The van der Waals surface area contributed by atoms with E-state index in [4.69, 9.17) is 15.6 Å². The molecule has 8 nitrogen and oxygen atoms in total. The normalized spacial score (nSPS) is 16.3. The van der Waals surface area contributed by atoms with Gasteiger partial charge in [-0.15, -0.1) is 5.10 Å². The molecule has 4 aromatic rings. The summed E-state index contributed by atoms with van der Waals surface area (Å²) in [6.07, 6.45) is 1.90. The summed E-state index contributed by atoms with van der Waals surface area (Å²) in [5.74, 6) is 0.115. The average molecular weight is 416 g/mol. The molecular weight excluding hydrogens is 392 g/mol. The van der Waals surface area contributed by atoms with Crippen LogP contribution in [-0.4, -0.2) is 36.9 Å². The van der Waals surface area contributed by atoms with Crippen LogP contribution in [0.1, 0.15) is 24.2 Å². The highest BCUT2D eigenvalue weighted by atomic mass is 16.5. The van der Waals surface area contributed by atoms with E-state index in [1.165, 1.54) is 9.08 Å². The van der Waals surface area contributed by atoms with Crippen LogP contribution in [0.5, 0.6) is 0 Å². The SMILES string of the molecule is Cc1cc(-c2c(-c3ccccc3)nc(N)n3c(=O)n(C[C@@H]4CCCO4)nc23)cc(C)n1. The van der Waals surface area contributed by atoms with Crippen molar-refractivity contribution in [2.24, 2.45) is 0 Å². The standard InChI is InChI=1S/C23H24N6O2/c1-14-11-17(12-15(2)25-14)19-20(16-7-4-3-5-8-16)26-22(24)29-21(19)27-28(23(29)30)13-18-9-6-10-31-18/h3-5,7-8,11-12,18H,6,9-10,13H2,1-2H3,(H2,24,26)/t18-/m0/s1. The van der Waals surface area contributed by atoms with E-state index in [0.29, 0.717) is 17.9 Å². The number of benzene rings is 1. The molecule has 3 aromatic heterocycles. The van der Waals surface area contributed by atoms with E-state index >= 15 is 0 Å². The van der Waals surface area contributed by atoms with Gasteiger partial charge in [-0.25, -0.2) is 18.9 Å². The summed E-state index contributed by atoms with van der Waals surface area (Å²) < 4.78 is 8.55. The number of aromatic nitrogens is 5. The first-order chi connectivity index (χ1) is 15.0. The molecule has 0 aliphatic carbocycles. The fraction of sp³-hybridized carbons (Fsp3) is 0.304. The summed E-state index contributed by atoms with van der Waals surface area (Å²) in [5.41, 5.74) is 11.5. The number of nitrogen functional groups attached to an aromatic ring is 1. The number of aryl methyl sites for hydroxylation is 2. The lowest BCUT2D eigenvalue weighted by Gasteiger charge is -2.13. The van der Waals surface area contributed by atoms with Gasteiger partial charge >= 0.3 is 5.69 Å². The monoisotopic (exact) mass is 416 g/mol. The van der Waals surface area contributed by atoms with Gasteiger partial charge in [0.15, 0.2) is 5.65 Å². The first kappa shape index (κ1) is 19.4. The Hall–Kier alpha value is -3.52. The molecule has 0 radical (unpaired) electrons. The number of hydrogen-bond acceptors (Lipinski definition) is 6. The molecule has 158 valence electrons. The number of rotatable bonds is 4. The van der Waals surface area contributed by atoms with Crippen LogP contribution in [0.2, 0.25) is 0 Å². The second kappa shape index (κ2) is 7.63. The van der Waals surface area contributed by atoms with Crippen molar-refractivity contribution >= 4 is 11.6 Å². The fourth-order valence-corrected chi connectivity index (χ4v) is 4.25. The van der Waals surface area contributed by atoms with Gasteiger partial charge in [-0.1, -0.05) is 30.3 Å². The maximum absolute atomic E-state index is 13.2. The third-order valence-corrected chi connectivity index (χ3v) is 5.57. The molecule has 1 aromatic carbocycles. The van der Waals surface area contributed by atoms with Crippen LogP contribution < -0.4 is 11.4 Å². The number of ether oxygens (including phenoxy) is 1. The second-order valence-electron chi connectivity index (χ2n) is 7.96. The van der Waals surface area contributed by atoms with Crippen molar-refractivity contribution < 1.29 is 4.74 Å². The molecule has 31 heavy (non-hydrogen) atoms. The average Bonchev–Trinajstić information content (AvgIpc) is 3.36. The Kier molecular flexibility index (Phi) is 4.78. The van der Waals surface area contributed by atoms with E-state index in [9.17, 15) is 4.79 Å². The predicted octanol–water partition coefficient (Wildman–Crippen LogP) is 3.00. The molecule has 0 bridgehead atoms. The molecule has 1 atom stereocenters. The Balaban J connectivity index is 1.81. The van der Waals surface area contributed by atoms with Gasteiger partial charge in [0.2, 0.25) is 5.95 Å². The molecule has 0 spiro atoms. The summed E-state index contributed by atoms with van der Waals surface area (Å²) in [7, 11) is 0. The number of anilines is 1. The van der Waals surface area contributed by atoms with Gasteiger partial charge in [0.05, 0.1) is 23.9 Å². The highest BCUT2D eigenvalue weighted by molar-refractivity contribution is 5.90. The van der Waals surface area contributed by atoms with Crippen LogP contribution in [0.4, 0.5) is 5.95 Å². The number of pyridine rings is 1. The Bertz CT molecular complexity index is 1300. The van der Waals surface area contributed by atoms with Gasteiger partial charge in [0.25, 0.3) is 0 Å². The fourth-order valence-electron chi connectivity index (χ4n) is 4.25. The first-order valence-electron chi connectivity index (χ1n) is 10.4. The molecule has 5 rings (SSSR count). The smallest absolute Gasteiger partial charge is 0.353 e. The molecular formula is C23H24N6O2. The van der Waals surface area contributed by atoms with Gasteiger partial charge in [0, 0.05) is 23.6 Å². The minimum Gasteiger partial charge on any atom is -0.376 e. The Morgan fingerprint density at radius 2 is 1.84 bits per heavy atom. The maximum Gasteiger partial charge on any atom is 0.353 e. The van der Waals surface area contributed by atoms with Gasteiger partial charge in [-0.05, 0) is 44.4 Å². The number of hydrogen-bond donors (Lipinski definition) is 1. The van der Waals surface area contributed by atoms with Gasteiger partial charge in [-0.2, -0.15) is 0 Å². The third kappa shape index (κ3) is 3.48. The van der Waals surface area contributed by atoms with Crippen LogP contribution in [-0.2, 0) is 11.3 Å². The zero-order valence-corrected chi connectivity index (χ0v) is 17.6. The van der Waals surface area contributed by atoms with Gasteiger partial charge < -0.3 is 10.5 Å².